The maximum Gasteiger partial charge on any atom is 0.282 e. The second-order valence-corrected chi connectivity index (χ2v) is 5.31. The largest absolute Gasteiger partial charge is 0.385 e. The molecule has 0 fully saturated rings. The first-order chi connectivity index (χ1) is 9.95. The van der Waals surface area contributed by atoms with E-state index in [-0.39, 0.29) is 11.3 Å². The zero-order valence-electron chi connectivity index (χ0n) is 12.8. The minimum absolute atomic E-state index is 0.1000. The van der Waals surface area contributed by atoms with E-state index in [0.717, 1.165) is 12.8 Å². The Hall–Kier alpha value is -2.11. The molecular weight excluding hydrogens is 270 g/mol. The SMILES string of the molecule is CCNc1ccc([N+](=O)[O-])c(C(=O)NCCCC(C)C)c1. The Morgan fingerprint density at radius 1 is 1.38 bits per heavy atom. The first-order valence-electron chi connectivity index (χ1n) is 7.26. The molecule has 0 aromatic heterocycles. The third kappa shape index (κ3) is 5.41. The molecule has 0 aliphatic heterocycles. The van der Waals surface area contributed by atoms with Gasteiger partial charge >= 0.3 is 0 Å². The van der Waals surface area contributed by atoms with Crippen molar-refractivity contribution in [1.29, 1.82) is 0 Å². The molecule has 0 atom stereocenters. The van der Waals surface area contributed by atoms with Crippen molar-refractivity contribution in [3.8, 4) is 0 Å². The lowest BCUT2D eigenvalue weighted by atomic mass is 10.1. The molecule has 1 aromatic carbocycles. The summed E-state index contributed by atoms with van der Waals surface area (Å²) in [5, 5.41) is 16.8. The van der Waals surface area contributed by atoms with E-state index in [2.05, 4.69) is 24.5 Å². The number of nitrogens with zero attached hydrogens (tertiary/aromatic N) is 1. The van der Waals surface area contributed by atoms with Gasteiger partial charge in [0.2, 0.25) is 0 Å². The van der Waals surface area contributed by atoms with Gasteiger partial charge < -0.3 is 10.6 Å². The summed E-state index contributed by atoms with van der Waals surface area (Å²) < 4.78 is 0. The lowest BCUT2D eigenvalue weighted by molar-refractivity contribution is -0.385. The van der Waals surface area contributed by atoms with Gasteiger partial charge in [0.1, 0.15) is 5.56 Å². The lowest BCUT2D eigenvalue weighted by Gasteiger charge is -2.09. The Morgan fingerprint density at radius 3 is 2.67 bits per heavy atom. The van der Waals surface area contributed by atoms with Crippen molar-refractivity contribution in [2.45, 2.75) is 33.6 Å². The molecule has 116 valence electrons. The molecule has 0 unspecified atom stereocenters. The average Bonchev–Trinajstić information content (AvgIpc) is 2.43. The van der Waals surface area contributed by atoms with Crippen LogP contribution in [0.1, 0.15) is 44.0 Å². The van der Waals surface area contributed by atoms with Crippen molar-refractivity contribution >= 4 is 17.3 Å². The van der Waals surface area contributed by atoms with Gasteiger partial charge in [-0.25, -0.2) is 0 Å². The van der Waals surface area contributed by atoms with Crippen molar-refractivity contribution in [2.75, 3.05) is 18.4 Å². The van der Waals surface area contributed by atoms with Crippen LogP contribution in [-0.4, -0.2) is 23.9 Å². The fourth-order valence-electron chi connectivity index (χ4n) is 2.00. The van der Waals surface area contributed by atoms with Gasteiger partial charge in [-0.15, -0.1) is 0 Å². The molecule has 21 heavy (non-hydrogen) atoms. The molecule has 6 nitrogen and oxygen atoms in total. The zero-order valence-corrected chi connectivity index (χ0v) is 12.8. The van der Waals surface area contributed by atoms with Crippen LogP contribution in [0.15, 0.2) is 18.2 Å². The molecule has 6 heteroatoms. The number of anilines is 1. The summed E-state index contributed by atoms with van der Waals surface area (Å²) in [5.41, 5.74) is 0.636. The lowest BCUT2D eigenvalue weighted by Crippen LogP contribution is -2.25. The van der Waals surface area contributed by atoms with Crippen LogP contribution < -0.4 is 10.6 Å². The maximum atomic E-state index is 12.1. The molecule has 0 saturated heterocycles. The minimum atomic E-state index is -0.529. The van der Waals surface area contributed by atoms with Crippen LogP contribution in [0.2, 0.25) is 0 Å². The highest BCUT2D eigenvalue weighted by atomic mass is 16.6. The van der Waals surface area contributed by atoms with E-state index in [0.29, 0.717) is 24.7 Å². The first kappa shape index (κ1) is 16.9. The Labute approximate surface area is 125 Å². The number of hydrogen-bond acceptors (Lipinski definition) is 4. The first-order valence-corrected chi connectivity index (χ1v) is 7.26. The van der Waals surface area contributed by atoms with Crippen LogP contribution in [0, 0.1) is 16.0 Å². The van der Waals surface area contributed by atoms with E-state index in [1.54, 1.807) is 6.07 Å². The predicted octanol–water partition coefficient (Wildman–Crippen LogP) is 3.19. The molecule has 1 aromatic rings. The van der Waals surface area contributed by atoms with Crippen molar-refractivity contribution in [1.82, 2.24) is 5.32 Å². The summed E-state index contributed by atoms with van der Waals surface area (Å²) in [6.07, 6.45) is 1.88. The molecule has 0 spiro atoms. The van der Waals surface area contributed by atoms with E-state index in [1.165, 1.54) is 12.1 Å². The number of nitro groups is 1. The van der Waals surface area contributed by atoms with Crippen LogP contribution in [0.5, 0.6) is 0 Å². The van der Waals surface area contributed by atoms with Crippen molar-refractivity contribution in [3.05, 3.63) is 33.9 Å². The quantitative estimate of drug-likeness (QED) is 0.438. The number of nitro benzene ring substituents is 1. The van der Waals surface area contributed by atoms with Crippen molar-refractivity contribution in [3.63, 3.8) is 0 Å². The number of benzene rings is 1. The van der Waals surface area contributed by atoms with E-state index < -0.39 is 10.8 Å². The number of carbonyl (C=O) groups excluding carboxylic acids is 1. The molecule has 1 rings (SSSR count). The number of amides is 1. The standard InChI is InChI=1S/C15H23N3O3/c1-4-16-12-7-8-14(18(20)21)13(10-12)15(19)17-9-5-6-11(2)3/h7-8,10-11,16H,4-6,9H2,1-3H3,(H,17,19). The third-order valence-electron chi connectivity index (χ3n) is 3.06. The number of rotatable bonds is 8. The highest BCUT2D eigenvalue weighted by molar-refractivity contribution is 5.99. The van der Waals surface area contributed by atoms with Crippen molar-refractivity contribution in [2.24, 2.45) is 5.92 Å². The second kappa shape index (κ2) is 8.24. The van der Waals surface area contributed by atoms with Gasteiger partial charge in [0.05, 0.1) is 4.92 Å². The topological polar surface area (TPSA) is 84.3 Å². The van der Waals surface area contributed by atoms with Gasteiger partial charge in [-0.1, -0.05) is 13.8 Å². The predicted molar refractivity (Wildman–Crippen MR) is 83.7 cm³/mol. The molecule has 0 saturated carbocycles. The Balaban J connectivity index is 2.79. The van der Waals surface area contributed by atoms with Gasteiger partial charge in [0.25, 0.3) is 11.6 Å². The minimum Gasteiger partial charge on any atom is -0.385 e. The Bertz CT molecular complexity index is 501. The molecule has 0 radical (unpaired) electrons. The highest BCUT2D eigenvalue weighted by Crippen LogP contribution is 2.22. The van der Waals surface area contributed by atoms with Crippen LogP contribution in [0.4, 0.5) is 11.4 Å². The molecule has 1 amide bonds. The zero-order chi connectivity index (χ0) is 15.8. The Kier molecular flexibility index (Phi) is 6.65. The fraction of sp³-hybridized carbons (Fsp3) is 0.533. The number of nitrogens with one attached hydrogen (secondary N) is 2. The van der Waals surface area contributed by atoms with Gasteiger partial charge in [0.15, 0.2) is 0 Å². The maximum absolute atomic E-state index is 12.1. The van der Waals surface area contributed by atoms with E-state index >= 15 is 0 Å². The van der Waals surface area contributed by atoms with Crippen LogP contribution in [0.3, 0.4) is 0 Å². The molecule has 0 bridgehead atoms. The van der Waals surface area contributed by atoms with E-state index in [1.807, 2.05) is 6.92 Å². The number of carbonyl (C=O) groups is 1. The molecular formula is C15H23N3O3. The summed E-state index contributed by atoms with van der Waals surface area (Å²) in [7, 11) is 0. The summed E-state index contributed by atoms with van der Waals surface area (Å²) in [5.74, 6) is 0.179. The molecule has 2 N–H and O–H groups in total. The van der Waals surface area contributed by atoms with Crippen LogP contribution >= 0.6 is 0 Å². The van der Waals surface area contributed by atoms with Gasteiger partial charge in [0, 0.05) is 24.8 Å². The van der Waals surface area contributed by atoms with Gasteiger partial charge in [-0.3, -0.25) is 14.9 Å². The second-order valence-electron chi connectivity index (χ2n) is 5.31. The highest BCUT2D eigenvalue weighted by Gasteiger charge is 2.20. The summed E-state index contributed by atoms with van der Waals surface area (Å²) in [6.45, 7) is 7.37. The number of hydrogen-bond donors (Lipinski definition) is 2. The van der Waals surface area contributed by atoms with Gasteiger partial charge in [-0.05, 0) is 37.8 Å². The normalized spacial score (nSPS) is 10.5. The van der Waals surface area contributed by atoms with E-state index in [4.69, 9.17) is 0 Å². The van der Waals surface area contributed by atoms with Crippen LogP contribution in [-0.2, 0) is 0 Å². The average molecular weight is 293 g/mol. The summed E-state index contributed by atoms with van der Waals surface area (Å²) in [4.78, 5) is 22.6. The van der Waals surface area contributed by atoms with Crippen LogP contribution in [0.25, 0.3) is 0 Å². The molecule has 0 aliphatic rings. The smallest absolute Gasteiger partial charge is 0.282 e. The van der Waals surface area contributed by atoms with Gasteiger partial charge in [-0.2, -0.15) is 0 Å². The van der Waals surface area contributed by atoms with Crippen molar-refractivity contribution < 1.29 is 9.72 Å². The monoisotopic (exact) mass is 293 g/mol. The summed E-state index contributed by atoms with van der Waals surface area (Å²) in [6, 6.07) is 4.50. The molecule has 0 heterocycles. The summed E-state index contributed by atoms with van der Waals surface area (Å²) >= 11 is 0. The third-order valence-corrected chi connectivity index (χ3v) is 3.06. The molecule has 0 aliphatic carbocycles. The fourth-order valence-corrected chi connectivity index (χ4v) is 2.00. The van der Waals surface area contributed by atoms with E-state index in [9.17, 15) is 14.9 Å². The Morgan fingerprint density at radius 2 is 2.10 bits per heavy atom.